The minimum Gasteiger partial charge on any atom is -0.509 e. The fourth-order valence-corrected chi connectivity index (χ4v) is 7.49. The zero-order valence-electron chi connectivity index (χ0n) is 32.4. The van der Waals surface area contributed by atoms with Crippen LogP contribution in [0.4, 0.5) is 22.7 Å². The molecule has 0 amide bonds. The number of para-hydroxylation sites is 3. The summed E-state index contributed by atoms with van der Waals surface area (Å²) >= 11 is 0. The largest absolute Gasteiger partial charge is 0.509 e. The van der Waals surface area contributed by atoms with E-state index in [1.165, 1.54) is 22.3 Å². The van der Waals surface area contributed by atoms with Crippen LogP contribution >= 0.6 is 0 Å². The van der Waals surface area contributed by atoms with E-state index in [0.29, 0.717) is 11.5 Å². The third-order valence-electron chi connectivity index (χ3n) is 10.5. The average molecular weight is 911 g/mol. The van der Waals surface area contributed by atoms with Gasteiger partial charge in [0, 0.05) is 66.9 Å². The minimum atomic E-state index is -0.0132. The fraction of sp³-hybridized carbons (Fsp3) is 0.160. The fourth-order valence-electron chi connectivity index (χ4n) is 7.49. The minimum absolute atomic E-state index is 0. The molecule has 5 nitrogen and oxygen atoms in total. The van der Waals surface area contributed by atoms with Crippen LogP contribution in [0.2, 0.25) is 0 Å². The van der Waals surface area contributed by atoms with E-state index in [9.17, 15) is 0 Å². The summed E-state index contributed by atoms with van der Waals surface area (Å²) in [7, 11) is 0. The Bertz CT molecular complexity index is 2700. The number of hydrogen-bond donors (Lipinski definition) is 0. The molecule has 56 heavy (non-hydrogen) atoms. The smallest absolute Gasteiger partial charge is 0.135 e. The van der Waals surface area contributed by atoms with Crippen LogP contribution in [0.3, 0.4) is 0 Å². The van der Waals surface area contributed by atoms with Crippen molar-refractivity contribution in [1.29, 1.82) is 0 Å². The van der Waals surface area contributed by atoms with E-state index in [1.54, 1.807) is 0 Å². The molecule has 6 aromatic carbocycles. The Hall–Kier alpha value is -5.64. The molecule has 0 bridgehead atoms. The van der Waals surface area contributed by atoms with E-state index < -0.39 is 0 Å². The molecule has 0 unspecified atom stereocenters. The molecule has 3 heterocycles. The van der Waals surface area contributed by atoms with Gasteiger partial charge in [-0.25, -0.2) is 4.98 Å². The van der Waals surface area contributed by atoms with Crippen molar-refractivity contribution in [1.82, 2.24) is 9.55 Å². The van der Waals surface area contributed by atoms with E-state index in [-0.39, 0.29) is 31.9 Å². The molecule has 9 rings (SSSR count). The Morgan fingerprint density at radius 1 is 0.571 bits per heavy atom. The summed E-state index contributed by atoms with van der Waals surface area (Å²) < 4.78 is 8.76. The SMILES string of the molecule is CC(C)(C)c1ccnc(-n2c3[c-]c(Oc4[c-]c(N5[CH-]N(c6ccc(C(C)(C)C)cc6-c6ccccc6)c6ccccc65)ccc4)ccc3c3ccccc32)c1.[Pt]. The van der Waals surface area contributed by atoms with Crippen molar-refractivity contribution < 1.29 is 25.8 Å². The van der Waals surface area contributed by atoms with Crippen molar-refractivity contribution in [3.63, 3.8) is 0 Å². The van der Waals surface area contributed by atoms with E-state index in [1.807, 2.05) is 24.4 Å². The predicted octanol–water partition coefficient (Wildman–Crippen LogP) is 13.2. The van der Waals surface area contributed by atoms with Gasteiger partial charge in [-0.05, 0) is 75.4 Å². The van der Waals surface area contributed by atoms with E-state index in [4.69, 9.17) is 9.72 Å². The van der Waals surface area contributed by atoms with E-state index >= 15 is 0 Å². The molecular weight excluding hydrogens is 868 g/mol. The molecule has 6 heteroatoms. The zero-order chi connectivity index (χ0) is 37.9. The van der Waals surface area contributed by atoms with Crippen molar-refractivity contribution in [3.05, 3.63) is 176 Å². The van der Waals surface area contributed by atoms with Crippen LogP contribution in [0, 0.1) is 18.8 Å². The molecule has 2 aromatic heterocycles. The zero-order valence-corrected chi connectivity index (χ0v) is 34.7. The quantitative estimate of drug-likeness (QED) is 0.156. The Balaban J connectivity index is 0.00000441. The first kappa shape index (κ1) is 37.3. The van der Waals surface area contributed by atoms with Crippen LogP contribution in [0.5, 0.6) is 11.5 Å². The van der Waals surface area contributed by atoms with Crippen LogP contribution in [0.1, 0.15) is 52.7 Å². The normalized spacial score (nSPS) is 12.9. The Labute approximate surface area is 344 Å². The third-order valence-corrected chi connectivity index (χ3v) is 10.5. The maximum atomic E-state index is 6.57. The van der Waals surface area contributed by atoms with Gasteiger partial charge in [-0.1, -0.05) is 114 Å². The third kappa shape index (κ3) is 6.79. The number of rotatable bonds is 6. The maximum Gasteiger partial charge on any atom is 0.135 e. The molecular formula is C50H43N4OPt-3. The van der Waals surface area contributed by atoms with Crippen molar-refractivity contribution in [2.75, 3.05) is 9.80 Å². The molecule has 1 aliphatic heterocycles. The van der Waals surface area contributed by atoms with Gasteiger partial charge in [0.25, 0.3) is 0 Å². The average Bonchev–Trinajstić information content (AvgIpc) is 3.74. The summed E-state index contributed by atoms with van der Waals surface area (Å²) in [6.07, 6.45) is 1.90. The first-order valence-corrected chi connectivity index (χ1v) is 18.9. The van der Waals surface area contributed by atoms with Crippen molar-refractivity contribution in [3.8, 4) is 28.4 Å². The topological polar surface area (TPSA) is 33.5 Å². The standard InChI is InChI=1S/C50H43N4O.Pt/c1-49(2,3)35-23-26-43(42(29-35)34-15-8-7-9-16-34)53-33-52(45-21-12-13-22-46(45)53)37-17-14-18-38(31-37)55-39-24-25-41-40-19-10-11-20-44(40)54(47(41)32-39)48-30-36(27-28-51-48)50(4,5)6;/h7-30,33H,1-6H3;/q-3;. The number of nitrogens with zero attached hydrogens (tertiary/aromatic N) is 4. The number of benzene rings is 6. The summed E-state index contributed by atoms with van der Waals surface area (Å²) in [5.74, 6) is 2.07. The van der Waals surface area contributed by atoms with Crippen LogP contribution in [0.15, 0.2) is 146 Å². The van der Waals surface area contributed by atoms with Gasteiger partial charge in [-0.3, -0.25) is 0 Å². The molecule has 0 saturated carbocycles. The monoisotopic (exact) mass is 910 g/mol. The molecule has 0 aliphatic carbocycles. The van der Waals surface area contributed by atoms with Crippen molar-refractivity contribution >= 4 is 44.6 Å². The summed E-state index contributed by atoms with van der Waals surface area (Å²) in [4.78, 5) is 9.31. The number of ether oxygens (including phenoxy) is 1. The second-order valence-corrected chi connectivity index (χ2v) is 16.3. The van der Waals surface area contributed by atoms with Gasteiger partial charge in [0.15, 0.2) is 0 Å². The summed E-state index contributed by atoms with van der Waals surface area (Å²) in [5, 5.41) is 2.24. The molecule has 1 aliphatic rings. The summed E-state index contributed by atoms with van der Waals surface area (Å²) in [6.45, 7) is 15.6. The van der Waals surface area contributed by atoms with Gasteiger partial charge < -0.3 is 19.1 Å². The number of anilines is 4. The molecule has 0 N–H and O–H groups in total. The maximum absolute atomic E-state index is 6.57. The van der Waals surface area contributed by atoms with Gasteiger partial charge in [-0.15, -0.1) is 48.1 Å². The van der Waals surface area contributed by atoms with Gasteiger partial charge in [0.1, 0.15) is 5.82 Å². The first-order valence-electron chi connectivity index (χ1n) is 18.9. The van der Waals surface area contributed by atoms with Gasteiger partial charge in [-0.2, -0.15) is 12.1 Å². The number of aromatic nitrogens is 2. The molecule has 0 spiro atoms. The molecule has 8 aromatic rings. The Morgan fingerprint density at radius 3 is 2.02 bits per heavy atom. The summed E-state index contributed by atoms with van der Waals surface area (Å²) in [6, 6.07) is 56.1. The molecule has 0 radical (unpaired) electrons. The van der Waals surface area contributed by atoms with Gasteiger partial charge >= 0.3 is 0 Å². The number of pyridine rings is 1. The second kappa shape index (κ2) is 14.5. The van der Waals surface area contributed by atoms with E-state index in [0.717, 1.165) is 50.4 Å². The van der Waals surface area contributed by atoms with Gasteiger partial charge in [0.05, 0.1) is 0 Å². The van der Waals surface area contributed by atoms with Gasteiger partial charge in [0.2, 0.25) is 0 Å². The van der Waals surface area contributed by atoms with Crippen molar-refractivity contribution in [2.45, 2.75) is 52.4 Å². The van der Waals surface area contributed by atoms with E-state index in [2.05, 4.69) is 196 Å². The Kier molecular flexibility index (Phi) is 9.63. The van der Waals surface area contributed by atoms with Crippen LogP contribution in [-0.2, 0) is 31.9 Å². The molecule has 0 saturated heterocycles. The molecule has 282 valence electrons. The van der Waals surface area contributed by atoms with Crippen molar-refractivity contribution in [2.24, 2.45) is 0 Å². The molecule has 0 atom stereocenters. The van der Waals surface area contributed by atoms with Crippen LogP contribution < -0.4 is 14.5 Å². The Morgan fingerprint density at radius 2 is 1.25 bits per heavy atom. The number of hydrogen-bond acceptors (Lipinski definition) is 4. The molecule has 0 fully saturated rings. The predicted molar refractivity (Wildman–Crippen MR) is 227 cm³/mol. The second-order valence-electron chi connectivity index (χ2n) is 16.3. The van der Waals surface area contributed by atoms with Crippen LogP contribution in [-0.4, -0.2) is 9.55 Å². The van der Waals surface area contributed by atoms with Crippen LogP contribution in [0.25, 0.3) is 38.8 Å². The first-order chi connectivity index (χ1) is 26.5. The number of fused-ring (bicyclic) bond motifs is 4. The summed E-state index contributed by atoms with van der Waals surface area (Å²) in [5.41, 5.74) is 11.0.